The molecule has 0 spiro atoms. The number of nitriles is 1. The maximum atomic E-state index is 11.8. The fraction of sp³-hybridized carbons (Fsp3) is 0.312. The van der Waals surface area contributed by atoms with E-state index in [0.717, 1.165) is 5.56 Å². The molecule has 1 heterocycles. The number of esters is 1. The molecule has 8 heteroatoms. The predicted molar refractivity (Wildman–Crippen MR) is 87.8 cm³/mol. The molecule has 1 aromatic heterocycles. The van der Waals surface area contributed by atoms with E-state index < -0.39 is 0 Å². The van der Waals surface area contributed by atoms with Crippen molar-refractivity contribution in [2.24, 2.45) is 0 Å². The largest absolute Gasteiger partial charge is 0.457 e. The van der Waals surface area contributed by atoms with Gasteiger partial charge in [0.2, 0.25) is 11.9 Å². The number of aryl methyl sites for hydroxylation is 1. The second-order valence-electron chi connectivity index (χ2n) is 5.27. The topological polar surface area (TPSA) is 118 Å². The Morgan fingerprint density at radius 3 is 2.58 bits per heavy atom. The van der Waals surface area contributed by atoms with Gasteiger partial charge in [-0.1, -0.05) is 12.1 Å². The van der Waals surface area contributed by atoms with E-state index in [1.54, 1.807) is 31.1 Å². The lowest BCUT2D eigenvalue weighted by molar-refractivity contribution is -0.145. The summed E-state index contributed by atoms with van der Waals surface area (Å²) in [4.78, 5) is 25.6. The van der Waals surface area contributed by atoms with Crippen molar-refractivity contribution in [2.75, 3.05) is 24.7 Å². The van der Waals surface area contributed by atoms with Crippen LogP contribution in [0.3, 0.4) is 0 Å². The number of nitrogen functional groups attached to an aromatic ring is 1. The van der Waals surface area contributed by atoms with E-state index in [2.05, 4.69) is 21.0 Å². The van der Waals surface area contributed by atoms with Crippen LogP contribution in [-0.4, -0.2) is 35.0 Å². The highest BCUT2D eigenvalue weighted by atomic mass is 16.5. The molecular weight excluding hydrogens is 308 g/mol. The predicted octanol–water partition coefficient (Wildman–Crippen LogP) is 1.07. The lowest BCUT2D eigenvalue weighted by Gasteiger charge is -2.11. The number of nitrogens with zero attached hydrogens (tertiary/aromatic N) is 5. The zero-order valence-corrected chi connectivity index (χ0v) is 13.6. The molecule has 0 amide bonds. The standard InChI is InChI=1S/C16H18N6O2/c1-22(2)16-20-13(19-15(18)21-16)10-24-14(23)8-7-11-3-5-12(9-17)6-4-11/h3-6H,7-8,10H2,1-2H3,(H2,18,19,20,21). The number of carbonyl (C=O) groups is 1. The van der Waals surface area contributed by atoms with Crippen LogP contribution in [0.1, 0.15) is 23.4 Å². The van der Waals surface area contributed by atoms with E-state index in [0.29, 0.717) is 23.8 Å². The minimum Gasteiger partial charge on any atom is -0.457 e. The second-order valence-corrected chi connectivity index (χ2v) is 5.27. The number of nitrogens with two attached hydrogens (primary N) is 1. The average molecular weight is 326 g/mol. The van der Waals surface area contributed by atoms with Crippen molar-refractivity contribution < 1.29 is 9.53 Å². The number of aromatic nitrogens is 3. The molecule has 124 valence electrons. The van der Waals surface area contributed by atoms with Crippen molar-refractivity contribution in [1.82, 2.24) is 15.0 Å². The Hall–Kier alpha value is -3.21. The maximum Gasteiger partial charge on any atom is 0.306 e. The van der Waals surface area contributed by atoms with Gasteiger partial charge in [0.15, 0.2) is 12.4 Å². The zero-order chi connectivity index (χ0) is 17.5. The molecule has 2 aromatic rings. The first-order chi connectivity index (χ1) is 11.5. The molecule has 2 rings (SSSR count). The van der Waals surface area contributed by atoms with Gasteiger partial charge in [-0.3, -0.25) is 4.79 Å². The summed E-state index contributed by atoms with van der Waals surface area (Å²) in [5.41, 5.74) is 7.16. The van der Waals surface area contributed by atoms with E-state index in [-0.39, 0.29) is 24.9 Å². The fourth-order valence-electron chi connectivity index (χ4n) is 1.90. The Labute approximate surface area is 139 Å². The molecule has 1 aromatic carbocycles. The minimum atomic E-state index is -0.357. The van der Waals surface area contributed by atoms with Gasteiger partial charge in [0.25, 0.3) is 0 Å². The number of carbonyl (C=O) groups excluding carboxylic acids is 1. The molecule has 0 bridgehead atoms. The number of anilines is 2. The molecular formula is C16H18N6O2. The second kappa shape index (κ2) is 7.87. The molecule has 0 saturated heterocycles. The van der Waals surface area contributed by atoms with E-state index in [4.69, 9.17) is 15.7 Å². The Morgan fingerprint density at radius 2 is 1.96 bits per heavy atom. The van der Waals surface area contributed by atoms with Crippen LogP contribution in [0.15, 0.2) is 24.3 Å². The van der Waals surface area contributed by atoms with Gasteiger partial charge in [-0.25, -0.2) is 0 Å². The third kappa shape index (κ3) is 4.91. The van der Waals surface area contributed by atoms with E-state index in [9.17, 15) is 4.79 Å². The molecule has 2 N–H and O–H groups in total. The molecule has 8 nitrogen and oxygen atoms in total. The Morgan fingerprint density at radius 1 is 1.25 bits per heavy atom. The van der Waals surface area contributed by atoms with Gasteiger partial charge in [-0.05, 0) is 24.1 Å². The van der Waals surface area contributed by atoms with Crippen molar-refractivity contribution >= 4 is 17.9 Å². The molecule has 0 saturated carbocycles. The summed E-state index contributed by atoms with van der Waals surface area (Å²) in [6.07, 6.45) is 0.764. The number of hydrogen-bond donors (Lipinski definition) is 1. The van der Waals surface area contributed by atoms with E-state index in [1.165, 1.54) is 0 Å². The van der Waals surface area contributed by atoms with Crippen LogP contribution < -0.4 is 10.6 Å². The molecule has 0 fully saturated rings. The summed E-state index contributed by atoms with van der Waals surface area (Å²) in [6.45, 7) is -0.0558. The van der Waals surface area contributed by atoms with Crippen molar-refractivity contribution in [3.8, 4) is 6.07 Å². The third-order valence-electron chi connectivity index (χ3n) is 3.15. The highest BCUT2D eigenvalue weighted by Crippen LogP contribution is 2.09. The van der Waals surface area contributed by atoms with Gasteiger partial charge in [0.05, 0.1) is 11.6 Å². The van der Waals surface area contributed by atoms with Crippen LogP contribution in [0, 0.1) is 11.3 Å². The monoisotopic (exact) mass is 326 g/mol. The quantitative estimate of drug-likeness (QED) is 0.783. The first kappa shape index (κ1) is 17.1. The average Bonchev–Trinajstić information content (AvgIpc) is 2.58. The van der Waals surface area contributed by atoms with E-state index in [1.807, 2.05) is 12.1 Å². The van der Waals surface area contributed by atoms with Gasteiger partial charge < -0.3 is 15.4 Å². The first-order valence-electron chi connectivity index (χ1n) is 7.30. The Bertz CT molecular complexity index is 752. The molecule has 0 unspecified atom stereocenters. The van der Waals surface area contributed by atoms with Crippen molar-refractivity contribution in [3.63, 3.8) is 0 Å². The maximum absolute atomic E-state index is 11.8. The zero-order valence-electron chi connectivity index (χ0n) is 13.6. The summed E-state index contributed by atoms with van der Waals surface area (Å²) in [5, 5.41) is 8.75. The van der Waals surface area contributed by atoms with Gasteiger partial charge in [0, 0.05) is 20.5 Å². The highest BCUT2D eigenvalue weighted by molar-refractivity contribution is 5.69. The van der Waals surface area contributed by atoms with Gasteiger partial charge >= 0.3 is 5.97 Å². The van der Waals surface area contributed by atoms with Crippen LogP contribution >= 0.6 is 0 Å². The van der Waals surface area contributed by atoms with Gasteiger partial charge in [0.1, 0.15) is 0 Å². The number of benzene rings is 1. The number of ether oxygens (including phenoxy) is 1. The normalized spacial score (nSPS) is 10.0. The lowest BCUT2D eigenvalue weighted by atomic mass is 10.1. The molecule has 0 atom stereocenters. The fourth-order valence-corrected chi connectivity index (χ4v) is 1.90. The molecule has 0 aliphatic rings. The Balaban J connectivity index is 1.85. The van der Waals surface area contributed by atoms with E-state index >= 15 is 0 Å². The van der Waals surface area contributed by atoms with Crippen LogP contribution in [-0.2, 0) is 22.6 Å². The SMILES string of the molecule is CN(C)c1nc(N)nc(COC(=O)CCc2ccc(C#N)cc2)n1. The van der Waals surface area contributed by atoms with Crippen LogP contribution in [0.25, 0.3) is 0 Å². The molecule has 0 radical (unpaired) electrons. The smallest absolute Gasteiger partial charge is 0.306 e. The summed E-state index contributed by atoms with van der Waals surface area (Å²) in [7, 11) is 3.56. The molecule has 0 aliphatic carbocycles. The van der Waals surface area contributed by atoms with Crippen molar-refractivity contribution in [2.45, 2.75) is 19.4 Å². The minimum absolute atomic E-state index is 0.0558. The van der Waals surface area contributed by atoms with Gasteiger partial charge in [-0.15, -0.1) is 0 Å². The summed E-state index contributed by atoms with van der Waals surface area (Å²) in [5.74, 6) is 0.436. The lowest BCUT2D eigenvalue weighted by Crippen LogP contribution is -2.17. The van der Waals surface area contributed by atoms with Crippen LogP contribution in [0.5, 0.6) is 0 Å². The highest BCUT2D eigenvalue weighted by Gasteiger charge is 2.09. The summed E-state index contributed by atoms with van der Waals surface area (Å²) < 4.78 is 5.17. The van der Waals surface area contributed by atoms with Crippen LogP contribution in [0.4, 0.5) is 11.9 Å². The number of hydrogen-bond acceptors (Lipinski definition) is 8. The van der Waals surface area contributed by atoms with Crippen molar-refractivity contribution in [3.05, 3.63) is 41.2 Å². The first-order valence-corrected chi connectivity index (χ1v) is 7.30. The Kier molecular flexibility index (Phi) is 5.63. The van der Waals surface area contributed by atoms with Crippen LogP contribution in [0.2, 0.25) is 0 Å². The van der Waals surface area contributed by atoms with Crippen molar-refractivity contribution in [1.29, 1.82) is 5.26 Å². The number of rotatable bonds is 6. The van der Waals surface area contributed by atoms with Gasteiger partial charge in [-0.2, -0.15) is 20.2 Å². The summed E-state index contributed by atoms with van der Waals surface area (Å²) >= 11 is 0. The molecule has 0 aliphatic heterocycles. The molecule has 24 heavy (non-hydrogen) atoms. The summed E-state index contributed by atoms with van der Waals surface area (Å²) in [6, 6.07) is 9.13. The third-order valence-corrected chi connectivity index (χ3v) is 3.15.